The van der Waals surface area contributed by atoms with Crippen molar-refractivity contribution in [2.45, 2.75) is 0 Å². The van der Waals surface area contributed by atoms with Gasteiger partial charge in [-0.15, -0.1) is 0 Å². The molecule has 9 aromatic carbocycles. The van der Waals surface area contributed by atoms with Crippen LogP contribution in [0, 0.1) is 0 Å². The van der Waals surface area contributed by atoms with E-state index in [4.69, 9.17) is 9.97 Å². The van der Waals surface area contributed by atoms with Crippen LogP contribution in [0.4, 0.5) is 0 Å². The molecule has 0 aliphatic heterocycles. The lowest BCUT2D eigenvalue weighted by Crippen LogP contribution is -2.01. The predicted molar refractivity (Wildman–Crippen MR) is 242 cm³/mol. The van der Waals surface area contributed by atoms with Gasteiger partial charge >= 0.3 is 0 Å². The number of fused-ring (bicyclic) bond motifs is 9. The summed E-state index contributed by atoms with van der Waals surface area (Å²) in [6.45, 7) is 0. The molecule has 0 unspecified atom stereocenters. The summed E-state index contributed by atoms with van der Waals surface area (Å²) in [6.07, 6.45) is 0. The Kier molecular flexibility index (Phi) is 7.20. The van der Waals surface area contributed by atoms with E-state index in [2.05, 4.69) is 203 Å². The zero-order valence-corrected chi connectivity index (χ0v) is 31.4. The van der Waals surface area contributed by atoms with Gasteiger partial charge in [0.05, 0.1) is 44.7 Å². The molecule has 0 amide bonds. The van der Waals surface area contributed by atoms with Crippen molar-refractivity contribution >= 4 is 65.4 Å². The first-order chi connectivity index (χ1) is 28.8. The Hall–Kier alpha value is -7.82. The summed E-state index contributed by atoms with van der Waals surface area (Å²) in [5.74, 6) is 0. The second-order valence-electron chi connectivity index (χ2n) is 14.9. The number of rotatable bonds is 5. The van der Waals surface area contributed by atoms with Crippen LogP contribution in [0.3, 0.4) is 0 Å². The fraction of sp³-hybridized carbons (Fsp3) is 0. The second-order valence-corrected chi connectivity index (χ2v) is 14.9. The molecule has 270 valence electrons. The lowest BCUT2D eigenvalue weighted by Gasteiger charge is -2.15. The first-order valence-corrected chi connectivity index (χ1v) is 19.8. The Labute approximate surface area is 334 Å². The van der Waals surface area contributed by atoms with Gasteiger partial charge in [0.15, 0.2) is 0 Å². The number of hydrogen-bond acceptors (Lipinski definition) is 2. The average Bonchev–Trinajstić information content (AvgIpc) is 3.82. The van der Waals surface area contributed by atoms with Crippen LogP contribution >= 0.6 is 0 Å². The predicted octanol–water partition coefficient (Wildman–Crippen LogP) is 14.0. The van der Waals surface area contributed by atoms with Crippen LogP contribution in [-0.4, -0.2) is 19.1 Å². The third-order valence-electron chi connectivity index (χ3n) is 11.7. The van der Waals surface area contributed by atoms with Crippen molar-refractivity contribution in [3.63, 3.8) is 0 Å². The molecule has 0 bridgehead atoms. The zero-order valence-electron chi connectivity index (χ0n) is 31.4. The summed E-state index contributed by atoms with van der Waals surface area (Å²) in [4.78, 5) is 10.9. The van der Waals surface area contributed by atoms with Gasteiger partial charge in [-0.1, -0.05) is 164 Å². The van der Waals surface area contributed by atoms with Gasteiger partial charge in [-0.2, -0.15) is 0 Å². The minimum absolute atomic E-state index is 0.847. The third kappa shape index (κ3) is 4.88. The molecule has 3 aromatic heterocycles. The highest BCUT2D eigenvalue weighted by molar-refractivity contribution is 6.22. The zero-order chi connectivity index (χ0) is 38.2. The fourth-order valence-corrected chi connectivity index (χ4v) is 9.15. The van der Waals surface area contributed by atoms with Gasteiger partial charge in [0.1, 0.15) is 5.52 Å². The molecule has 0 aliphatic rings. The monoisotopic (exact) mass is 738 g/mol. The molecule has 12 rings (SSSR count). The molecule has 4 nitrogen and oxygen atoms in total. The number of aromatic nitrogens is 4. The third-order valence-corrected chi connectivity index (χ3v) is 11.7. The van der Waals surface area contributed by atoms with Crippen molar-refractivity contribution < 1.29 is 0 Å². The fourth-order valence-electron chi connectivity index (χ4n) is 9.15. The van der Waals surface area contributed by atoms with E-state index in [1.54, 1.807) is 0 Å². The van der Waals surface area contributed by atoms with E-state index in [0.717, 1.165) is 61.5 Å². The Morgan fingerprint density at radius 3 is 1.81 bits per heavy atom. The summed E-state index contributed by atoms with van der Waals surface area (Å²) in [5.41, 5.74) is 14.6. The van der Waals surface area contributed by atoms with Gasteiger partial charge in [-0.05, 0) is 58.8 Å². The molecule has 0 saturated carbocycles. The number of hydrogen-bond donors (Lipinski definition) is 0. The molecular formula is C54H34N4. The lowest BCUT2D eigenvalue weighted by atomic mass is 9.99. The molecule has 0 aliphatic carbocycles. The van der Waals surface area contributed by atoms with Crippen LogP contribution in [-0.2, 0) is 0 Å². The smallest absolute Gasteiger partial charge is 0.113 e. The Morgan fingerprint density at radius 2 is 1.02 bits per heavy atom. The van der Waals surface area contributed by atoms with E-state index in [0.29, 0.717) is 0 Å². The van der Waals surface area contributed by atoms with E-state index < -0.39 is 0 Å². The van der Waals surface area contributed by atoms with E-state index >= 15 is 0 Å². The van der Waals surface area contributed by atoms with Crippen LogP contribution < -0.4 is 0 Å². The van der Waals surface area contributed by atoms with Crippen molar-refractivity contribution in [3.8, 4) is 45.0 Å². The topological polar surface area (TPSA) is 35.6 Å². The van der Waals surface area contributed by atoms with Crippen LogP contribution in [0.25, 0.3) is 110 Å². The van der Waals surface area contributed by atoms with Crippen LogP contribution in [0.15, 0.2) is 206 Å². The van der Waals surface area contributed by atoms with Crippen LogP contribution in [0.5, 0.6) is 0 Å². The summed E-state index contributed by atoms with van der Waals surface area (Å²) in [6, 6.07) is 73.6. The minimum atomic E-state index is 0.847. The Bertz CT molecular complexity index is 3550. The number of nitrogens with zero attached hydrogens (tertiary/aromatic N) is 4. The quantitative estimate of drug-likeness (QED) is 0.176. The van der Waals surface area contributed by atoms with E-state index in [9.17, 15) is 0 Å². The van der Waals surface area contributed by atoms with Crippen molar-refractivity contribution in [2.75, 3.05) is 0 Å². The maximum Gasteiger partial charge on any atom is 0.113 e. The van der Waals surface area contributed by atoms with E-state index in [1.807, 2.05) is 12.1 Å². The molecular weight excluding hydrogens is 705 g/mol. The lowest BCUT2D eigenvalue weighted by molar-refractivity contribution is 1.17. The average molecular weight is 739 g/mol. The Balaban J connectivity index is 1.18. The van der Waals surface area contributed by atoms with Crippen LogP contribution in [0.2, 0.25) is 0 Å². The molecule has 0 fully saturated rings. The van der Waals surface area contributed by atoms with Crippen LogP contribution in [0.1, 0.15) is 0 Å². The maximum atomic E-state index is 5.56. The first-order valence-electron chi connectivity index (χ1n) is 19.8. The van der Waals surface area contributed by atoms with E-state index in [-0.39, 0.29) is 0 Å². The first kappa shape index (κ1) is 32.4. The molecule has 3 heterocycles. The van der Waals surface area contributed by atoms with Gasteiger partial charge in [-0.3, -0.25) is 0 Å². The maximum absolute atomic E-state index is 5.56. The molecule has 0 spiro atoms. The second kappa shape index (κ2) is 12.9. The summed E-state index contributed by atoms with van der Waals surface area (Å²) >= 11 is 0. The van der Waals surface area contributed by atoms with Gasteiger partial charge in [0, 0.05) is 43.9 Å². The summed E-state index contributed by atoms with van der Waals surface area (Å²) < 4.78 is 4.84. The van der Waals surface area contributed by atoms with E-state index in [1.165, 1.54) is 48.9 Å². The molecule has 0 radical (unpaired) electrons. The highest BCUT2D eigenvalue weighted by atomic mass is 15.0. The molecule has 0 saturated heterocycles. The standard InChI is InChI=1S/C54H34N4/c1-4-17-36(18-5-1)51-52(37-19-6-2-7-20-37)56-53-45(55-51)27-15-29-48(53)58-47-33-31-35-16-10-11-23-40(35)50(47)44-32-30-38(34-49(44)58)41-25-14-26-43-42-24-12-13-28-46(42)57(54(41)43)39-21-8-3-9-22-39/h1-34H. The number of para-hydroxylation sites is 4. The molecule has 4 heteroatoms. The SMILES string of the molecule is c1ccc(-c2nc3cccc(-n4c5cc(-c6cccc7c8ccccc8n(-c8ccccc8)c67)ccc5c5c6ccccc6ccc54)c3nc2-c2ccccc2)cc1. The minimum Gasteiger partial charge on any atom is -0.309 e. The summed E-state index contributed by atoms with van der Waals surface area (Å²) in [5, 5.41) is 7.34. The normalized spacial score (nSPS) is 11.8. The van der Waals surface area contributed by atoms with Gasteiger partial charge in [-0.25, -0.2) is 9.97 Å². The Morgan fingerprint density at radius 1 is 0.362 bits per heavy atom. The number of benzene rings is 9. The van der Waals surface area contributed by atoms with Crippen molar-refractivity contribution in [3.05, 3.63) is 206 Å². The van der Waals surface area contributed by atoms with Gasteiger partial charge < -0.3 is 9.13 Å². The molecule has 58 heavy (non-hydrogen) atoms. The van der Waals surface area contributed by atoms with Crippen molar-refractivity contribution in [1.29, 1.82) is 0 Å². The van der Waals surface area contributed by atoms with Crippen molar-refractivity contribution in [1.82, 2.24) is 19.1 Å². The van der Waals surface area contributed by atoms with Gasteiger partial charge in [0.2, 0.25) is 0 Å². The van der Waals surface area contributed by atoms with Gasteiger partial charge in [0.25, 0.3) is 0 Å². The molecule has 12 aromatic rings. The highest BCUT2D eigenvalue weighted by Crippen LogP contribution is 2.43. The molecule has 0 atom stereocenters. The highest BCUT2D eigenvalue weighted by Gasteiger charge is 2.22. The largest absolute Gasteiger partial charge is 0.309 e. The molecule has 0 N–H and O–H groups in total. The van der Waals surface area contributed by atoms with Crippen molar-refractivity contribution in [2.24, 2.45) is 0 Å². The summed E-state index contributed by atoms with van der Waals surface area (Å²) in [7, 11) is 0.